The molecule has 0 aliphatic carbocycles. The number of sulfonamides is 1. The van der Waals surface area contributed by atoms with Gasteiger partial charge >= 0.3 is 0 Å². The van der Waals surface area contributed by atoms with E-state index < -0.39 is 28.5 Å². The number of carbonyl (C=O) groups is 2. The van der Waals surface area contributed by atoms with Crippen LogP contribution < -0.4 is 14.4 Å². The van der Waals surface area contributed by atoms with Crippen LogP contribution in [0.3, 0.4) is 0 Å². The molecule has 0 radical (unpaired) electrons. The fraction of sp³-hybridized carbons (Fsp3) is 0.355. The highest BCUT2D eigenvalue weighted by molar-refractivity contribution is 7.92. The molecule has 2 amide bonds. The Labute approximate surface area is 238 Å². The maximum Gasteiger partial charge on any atom is 0.244 e. The monoisotopic (exact) mass is 565 g/mol. The van der Waals surface area contributed by atoms with Crippen molar-refractivity contribution in [3.05, 3.63) is 95.6 Å². The van der Waals surface area contributed by atoms with Crippen LogP contribution in [0.1, 0.15) is 43.4 Å². The summed E-state index contributed by atoms with van der Waals surface area (Å²) in [5, 5.41) is 2.88. The van der Waals surface area contributed by atoms with Crippen LogP contribution >= 0.6 is 0 Å². The number of carbonyl (C=O) groups excluding carboxylic acids is 2. The fourth-order valence-electron chi connectivity index (χ4n) is 4.07. The molecule has 40 heavy (non-hydrogen) atoms. The summed E-state index contributed by atoms with van der Waals surface area (Å²) in [6.07, 6.45) is 2.82. The smallest absolute Gasteiger partial charge is 0.244 e. The second-order valence-electron chi connectivity index (χ2n) is 9.87. The van der Waals surface area contributed by atoms with Crippen LogP contribution in [0, 0.1) is 6.92 Å². The van der Waals surface area contributed by atoms with E-state index in [4.69, 9.17) is 4.74 Å². The lowest BCUT2D eigenvalue weighted by molar-refractivity contribution is -0.139. The Kier molecular flexibility index (Phi) is 11.1. The van der Waals surface area contributed by atoms with Crippen molar-refractivity contribution in [3.8, 4) is 5.75 Å². The summed E-state index contributed by atoms with van der Waals surface area (Å²) in [6.45, 7) is 6.29. The first kappa shape index (κ1) is 30.7. The van der Waals surface area contributed by atoms with Gasteiger partial charge in [-0.05, 0) is 55.7 Å². The number of nitrogens with one attached hydrogen (secondary N) is 1. The zero-order chi connectivity index (χ0) is 29.1. The van der Waals surface area contributed by atoms with Crippen LogP contribution in [0.4, 0.5) is 5.69 Å². The largest absolute Gasteiger partial charge is 0.489 e. The van der Waals surface area contributed by atoms with Gasteiger partial charge in [0.2, 0.25) is 21.8 Å². The van der Waals surface area contributed by atoms with E-state index in [9.17, 15) is 18.0 Å². The van der Waals surface area contributed by atoms with E-state index in [-0.39, 0.29) is 12.5 Å². The minimum absolute atomic E-state index is 0.172. The first-order chi connectivity index (χ1) is 19.1. The first-order valence-corrected chi connectivity index (χ1v) is 15.3. The Hall–Kier alpha value is -3.85. The van der Waals surface area contributed by atoms with Gasteiger partial charge in [-0.2, -0.15) is 0 Å². The van der Waals surface area contributed by atoms with Crippen molar-refractivity contribution in [3.63, 3.8) is 0 Å². The standard InChI is InChI=1S/C31H39N3O5S/c1-5-6-20-32-31(36)25(3)33(21-26-14-12-24(2)13-15-26)30(35)22-34(40(4,37)38)28-16-18-29(19-17-28)39-23-27-10-8-7-9-11-27/h7-19,25H,5-6,20-23H2,1-4H3,(H,32,36)/t25-/m1/s1. The number of benzene rings is 3. The quantitative estimate of drug-likeness (QED) is 0.287. The van der Waals surface area contributed by atoms with Crippen molar-refractivity contribution < 1.29 is 22.7 Å². The normalized spacial score (nSPS) is 11.9. The maximum atomic E-state index is 13.7. The van der Waals surface area contributed by atoms with Crippen LogP contribution in [0.25, 0.3) is 0 Å². The van der Waals surface area contributed by atoms with Crippen LogP contribution in [0.15, 0.2) is 78.9 Å². The summed E-state index contributed by atoms with van der Waals surface area (Å²) in [7, 11) is -3.81. The Balaban J connectivity index is 1.79. The van der Waals surface area contributed by atoms with E-state index >= 15 is 0 Å². The van der Waals surface area contributed by atoms with Gasteiger partial charge in [-0.15, -0.1) is 0 Å². The van der Waals surface area contributed by atoms with Gasteiger partial charge in [-0.25, -0.2) is 8.42 Å². The van der Waals surface area contributed by atoms with Gasteiger partial charge in [0.05, 0.1) is 11.9 Å². The van der Waals surface area contributed by atoms with Gasteiger partial charge in [0, 0.05) is 13.1 Å². The number of rotatable bonds is 14. The molecule has 0 saturated carbocycles. The summed E-state index contributed by atoms with van der Waals surface area (Å²) in [6, 6.07) is 23.2. The average molecular weight is 566 g/mol. The molecule has 0 fully saturated rings. The van der Waals surface area contributed by atoms with Crippen molar-refractivity contribution in [2.45, 2.75) is 52.8 Å². The minimum Gasteiger partial charge on any atom is -0.489 e. The molecule has 3 aromatic rings. The molecule has 8 nitrogen and oxygen atoms in total. The number of hydrogen-bond donors (Lipinski definition) is 1. The second kappa shape index (κ2) is 14.5. The summed E-state index contributed by atoms with van der Waals surface area (Å²) in [4.78, 5) is 28.0. The van der Waals surface area contributed by atoms with Gasteiger partial charge in [0.25, 0.3) is 0 Å². The molecule has 0 aliphatic rings. The number of aryl methyl sites for hydroxylation is 1. The lowest BCUT2D eigenvalue weighted by Gasteiger charge is -2.31. The third kappa shape index (κ3) is 9.12. The van der Waals surface area contributed by atoms with Crippen LogP contribution in [-0.4, -0.2) is 50.5 Å². The van der Waals surface area contributed by atoms with Gasteiger partial charge in [-0.1, -0.05) is 73.5 Å². The lowest BCUT2D eigenvalue weighted by atomic mass is 10.1. The Morgan fingerprint density at radius 1 is 0.925 bits per heavy atom. The molecule has 0 bridgehead atoms. The number of hydrogen-bond acceptors (Lipinski definition) is 5. The van der Waals surface area contributed by atoms with Gasteiger partial charge in [-0.3, -0.25) is 13.9 Å². The molecular weight excluding hydrogens is 526 g/mol. The predicted molar refractivity (Wildman–Crippen MR) is 159 cm³/mol. The van der Waals surface area contributed by atoms with E-state index in [1.54, 1.807) is 31.2 Å². The number of amides is 2. The Morgan fingerprint density at radius 2 is 1.57 bits per heavy atom. The SMILES string of the molecule is CCCCNC(=O)[C@@H](C)N(Cc1ccc(C)cc1)C(=O)CN(c1ccc(OCc2ccccc2)cc1)S(C)(=O)=O. The molecule has 1 N–H and O–H groups in total. The van der Waals surface area contributed by atoms with Gasteiger partial charge in [0.1, 0.15) is 24.9 Å². The highest BCUT2D eigenvalue weighted by Crippen LogP contribution is 2.23. The number of unbranched alkanes of at least 4 members (excludes halogenated alkanes) is 1. The summed E-state index contributed by atoms with van der Waals surface area (Å²) >= 11 is 0. The van der Waals surface area contributed by atoms with Crippen LogP contribution in [0.2, 0.25) is 0 Å². The van der Waals surface area contributed by atoms with E-state index in [0.717, 1.165) is 40.1 Å². The zero-order valence-electron chi connectivity index (χ0n) is 23.7. The summed E-state index contributed by atoms with van der Waals surface area (Å²) < 4.78 is 32.5. The zero-order valence-corrected chi connectivity index (χ0v) is 24.5. The summed E-state index contributed by atoms with van der Waals surface area (Å²) in [5.41, 5.74) is 3.26. The molecule has 214 valence electrons. The highest BCUT2D eigenvalue weighted by atomic mass is 32.2. The number of anilines is 1. The van der Waals surface area contributed by atoms with E-state index in [1.807, 2.05) is 68.4 Å². The van der Waals surface area contributed by atoms with E-state index in [2.05, 4.69) is 5.32 Å². The van der Waals surface area contributed by atoms with Gasteiger partial charge < -0.3 is 15.0 Å². The summed E-state index contributed by atoms with van der Waals surface area (Å²) in [5.74, 6) is -0.181. The van der Waals surface area contributed by atoms with Crippen molar-refractivity contribution in [2.24, 2.45) is 0 Å². The Bertz CT molecular complexity index is 1340. The average Bonchev–Trinajstić information content (AvgIpc) is 2.94. The van der Waals surface area contributed by atoms with Gasteiger partial charge in [0.15, 0.2) is 0 Å². The predicted octanol–water partition coefficient (Wildman–Crippen LogP) is 4.67. The molecule has 0 aromatic heterocycles. The van der Waals surface area contributed by atoms with E-state index in [0.29, 0.717) is 24.6 Å². The molecular formula is C31H39N3O5S. The van der Waals surface area contributed by atoms with Crippen LogP contribution in [0.5, 0.6) is 5.75 Å². The lowest BCUT2D eigenvalue weighted by Crippen LogP contribution is -2.51. The molecule has 0 saturated heterocycles. The third-order valence-corrected chi connectivity index (χ3v) is 7.66. The van der Waals surface area contributed by atoms with Crippen molar-refractivity contribution in [1.29, 1.82) is 0 Å². The maximum absolute atomic E-state index is 13.7. The second-order valence-corrected chi connectivity index (χ2v) is 11.8. The molecule has 3 rings (SSSR count). The highest BCUT2D eigenvalue weighted by Gasteiger charge is 2.30. The van der Waals surface area contributed by atoms with E-state index in [1.165, 1.54) is 4.90 Å². The molecule has 0 unspecified atom stereocenters. The topological polar surface area (TPSA) is 96.0 Å². The molecule has 0 heterocycles. The molecule has 0 aliphatic heterocycles. The Morgan fingerprint density at radius 3 is 2.17 bits per heavy atom. The molecule has 3 aromatic carbocycles. The number of nitrogens with zero attached hydrogens (tertiary/aromatic N) is 2. The minimum atomic E-state index is -3.81. The molecule has 1 atom stereocenters. The van der Waals surface area contributed by atoms with Crippen LogP contribution in [-0.2, 0) is 32.8 Å². The first-order valence-electron chi connectivity index (χ1n) is 13.5. The third-order valence-electron chi connectivity index (χ3n) is 6.52. The number of ether oxygens (including phenoxy) is 1. The van der Waals surface area contributed by atoms with Crippen molar-refractivity contribution in [2.75, 3.05) is 23.7 Å². The molecule has 0 spiro atoms. The fourth-order valence-corrected chi connectivity index (χ4v) is 4.92. The molecule has 9 heteroatoms. The van der Waals surface area contributed by atoms with Crippen molar-refractivity contribution in [1.82, 2.24) is 10.2 Å². The van der Waals surface area contributed by atoms with Crippen molar-refractivity contribution >= 4 is 27.5 Å².